The lowest BCUT2D eigenvalue weighted by atomic mass is 10.1. The van der Waals surface area contributed by atoms with Crippen molar-refractivity contribution in [3.63, 3.8) is 0 Å². The van der Waals surface area contributed by atoms with E-state index in [0.717, 1.165) is 0 Å². The Kier molecular flexibility index (Phi) is 2.65. The third kappa shape index (κ3) is 2.30. The van der Waals surface area contributed by atoms with Crippen LogP contribution in [0.3, 0.4) is 0 Å². The van der Waals surface area contributed by atoms with Crippen LogP contribution in [0.1, 0.15) is 11.3 Å². The van der Waals surface area contributed by atoms with Gasteiger partial charge < -0.3 is 4.98 Å². The van der Waals surface area contributed by atoms with Crippen LogP contribution in [-0.2, 0) is 6.18 Å². The largest absolute Gasteiger partial charge is 0.432 e. The predicted octanol–water partition coefficient (Wildman–Crippen LogP) is 3.54. The van der Waals surface area contributed by atoms with E-state index in [1.165, 1.54) is 12.1 Å². The summed E-state index contributed by atoms with van der Waals surface area (Å²) >= 11 is 0. The topological polar surface area (TPSA) is 28.7 Å². The lowest BCUT2D eigenvalue weighted by Crippen LogP contribution is -2.04. The third-order valence-corrected chi connectivity index (χ3v) is 2.26. The summed E-state index contributed by atoms with van der Waals surface area (Å²) in [4.78, 5) is 5.58. The molecule has 0 spiro atoms. The second kappa shape index (κ2) is 3.87. The van der Waals surface area contributed by atoms with Crippen molar-refractivity contribution in [2.75, 3.05) is 0 Å². The van der Waals surface area contributed by atoms with Crippen LogP contribution >= 0.6 is 0 Å². The van der Waals surface area contributed by atoms with Crippen LogP contribution in [0.5, 0.6) is 0 Å². The van der Waals surface area contributed by atoms with Crippen LogP contribution in [0.4, 0.5) is 17.6 Å². The van der Waals surface area contributed by atoms with E-state index in [9.17, 15) is 17.6 Å². The number of aromatic nitrogens is 2. The normalized spacial score (nSPS) is 11.8. The smallest absolute Gasteiger partial charge is 0.334 e. The van der Waals surface area contributed by atoms with Gasteiger partial charge in [-0.1, -0.05) is 6.07 Å². The molecule has 0 aliphatic carbocycles. The summed E-state index contributed by atoms with van der Waals surface area (Å²) in [6, 6.07) is 4.24. The quantitative estimate of drug-likeness (QED) is 0.763. The van der Waals surface area contributed by atoms with E-state index in [2.05, 4.69) is 9.97 Å². The van der Waals surface area contributed by atoms with Crippen LogP contribution in [0.25, 0.3) is 11.4 Å². The first-order valence-corrected chi connectivity index (χ1v) is 4.76. The third-order valence-electron chi connectivity index (χ3n) is 2.26. The lowest BCUT2D eigenvalue weighted by Gasteiger charge is -2.02. The number of hydrogen-bond acceptors (Lipinski definition) is 1. The van der Waals surface area contributed by atoms with Gasteiger partial charge in [0.05, 0.1) is 11.8 Å². The summed E-state index contributed by atoms with van der Waals surface area (Å²) in [6.45, 7) is 1.69. The van der Waals surface area contributed by atoms with Crippen molar-refractivity contribution in [3.8, 4) is 11.4 Å². The minimum absolute atomic E-state index is 0.0195. The molecule has 1 aromatic heterocycles. The Bertz CT molecular complexity index is 543. The number of aryl methyl sites for hydroxylation is 1. The second-order valence-corrected chi connectivity index (χ2v) is 3.63. The first-order chi connectivity index (χ1) is 7.88. The van der Waals surface area contributed by atoms with Crippen molar-refractivity contribution in [1.29, 1.82) is 0 Å². The van der Waals surface area contributed by atoms with Gasteiger partial charge in [0, 0.05) is 0 Å². The molecule has 0 amide bonds. The molecule has 0 unspecified atom stereocenters. The number of benzene rings is 1. The van der Waals surface area contributed by atoms with E-state index in [0.29, 0.717) is 11.8 Å². The number of imidazole rings is 1. The Labute approximate surface area is 94.3 Å². The highest BCUT2D eigenvalue weighted by Crippen LogP contribution is 2.30. The van der Waals surface area contributed by atoms with Gasteiger partial charge in [-0.25, -0.2) is 9.37 Å². The minimum Gasteiger partial charge on any atom is -0.334 e. The molecular weight excluding hydrogens is 236 g/mol. The molecular formula is C11H8F4N2. The first-order valence-electron chi connectivity index (χ1n) is 4.76. The molecule has 1 heterocycles. The van der Waals surface area contributed by atoms with Crippen molar-refractivity contribution in [2.24, 2.45) is 0 Å². The summed E-state index contributed by atoms with van der Waals surface area (Å²) in [5.74, 6) is -0.733. The van der Waals surface area contributed by atoms with Gasteiger partial charge >= 0.3 is 6.18 Å². The van der Waals surface area contributed by atoms with E-state index in [1.54, 1.807) is 13.0 Å². The zero-order chi connectivity index (χ0) is 12.6. The zero-order valence-corrected chi connectivity index (χ0v) is 8.77. The van der Waals surface area contributed by atoms with Gasteiger partial charge in [0.2, 0.25) is 0 Å². The summed E-state index contributed by atoms with van der Waals surface area (Å²) in [5, 5.41) is 0. The van der Waals surface area contributed by atoms with Crippen LogP contribution < -0.4 is 0 Å². The Morgan fingerprint density at radius 3 is 2.47 bits per heavy atom. The molecule has 0 fully saturated rings. The van der Waals surface area contributed by atoms with E-state index in [1.807, 2.05) is 0 Å². The molecule has 0 aliphatic rings. The summed E-state index contributed by atoms with van der Waals surface area (Å²) in [5.41, 5.74) is -0.285. The Hall–Kier alpha value is -1.85. The summed E-state index contributed by atoms with van der Waals surface area (Å²) < 4.78 is 50.5. The number of nitrogens with zero attached hydrogens (tertiary/aromatic N) is 1. The molecule has 1 aromatic carbocycles. The van der Waals surface area contributed by atoms with Crippen molar-refractivity contribution in [3.05, 3.63) is 41.5 Å². The molecule has 1 N–H and O–H groups in total. The first kappa shape index (κ1) is 11.6. The molecule has 2 rings (SSSR count). The monoisotopic (exact) mass is 244 g/mol. The highest BCUT2D eigenvalue weighted by atomic mass is 19.4. The maximum absolute atomic E-state index is 13.5. The van der Waals surface area contributed by atoms with Crippen molar-refractivity contribution in [2.45, 2.75) is 13.1 Å². The minimum atomic E-state index is -4.51. The van der Waals surface area contributed by atoms with Crippen LogP contribution in [0.15, 0.2) is 24.4 Å². The Morgan fingerprint density at radius 1 is 1.24 bits per heavy atom. The molecule has 2 nitrogen and oxygen atoms in total. The van der Waals surface area contributed by atoms with Crippen LogP contribution in [0.2, 0.25) is 0 Å². The predicted molar refractivity (Wildman–Crippen MR) is 53.7 cm³/mol. The summed E-state index contributed by atoms with van der Waals surface area (Å²) in [7, 11) is 0. The average molecular weight is 244 g/mol. The van der Waals surface area contributed by atoms with Gasteiger partial charge in [-0.05, 0) is 24.6 Å². The number of nitrogens with one attached hydrogen (secondary N) is 1. The molecule has 0 aliphatic heterocycles. The molecule has 0 saturated carbocycles. The molecule has 2 aromatic rings. The lowest BCUT2D eigenvalue weighted by molar-refractivity contribution is -0.140. The summed E-state index contributed by atoms with van der Waals surface area (Å²) in [6.07, 6.45) is -3.86. The number of rotatable bonds is 1. The standard InChI is InChI=1S/C11H8F4N2/c1-6-2-3-7(8(12)4-6)10-16-5-9(17-10)11(13,14)15/h2-5H,1H3,(H,16,17). The van der Waals surface area contributed by atoms with Crippen LogP contribution in [0, 0.1) is 12.7 Å². The fourth-order valence-corrected chi connectivity index (χ4v) is 1.41. The van der Waals surface area contributed by atoms with Gasteiger partial charge in [-0.15, -0.1) is 0 Å². The second-order valence-electron chi connectivity index (χ2n) is 3.63. The molecule has 90 valence electrons. The molecule has 0 radical (unpaired) electrons. The van der Waals surface area contributed by atoms with E-state index in [-0.39, 0.29) is 11.4 Å². The number of H-pyrrole nitrogens is 1. The average Bonchev–Trinajstić information content (AvgIpc) is 2.65. The van der Waals surface area contributed by atoms with Crippen LogP contribution in [-0.4, -0.2) is 9.97 Å². The Balaban J connectivity index is 2.44. The highest BCUT2D eigenvalue weighted by Gasteiger charge is 2.33. The number of aromatic amines is 1. The SMILES string of the molecule is Cc1ccc(-c2ncc(C(F)(F)F)[nH]2)c(F)c1. The van der Waals surface area contributed by atoms with Crippen molar-refractivity contribution in [1.82, 2.24) is 9.97 Å². The van der Waals surface area contributed by atoms with Gasteiger partial charge in [0.1, 0.15) is 17.3 Å². The zero-order valence-electron chi connectivity index (χ0n) is 8.77. The molecule has 0 bridgehead atoms. The molecule has 6 heteroatoms. The molecule has 0 atom stereocenters. The van der Waals surface area contributed by atoms with Crippen molar-refractivity contribution >= 4 is 0 Å². The van der Waals surface area contributed by atoms with Gasteiger partial charge in [-0.3, -0.25) is 0 Å². The highest BCUT2D eigenvalue weighted by molar-refractivity contribution is 5.56. The van der Waals surface area contributed by atoms with E-state index < -0.39 is 17.7 Å². The number of halogens is 4. The van der Waals surface area contributed by atoms with Gasteiger partial charge in [0.15, 0.2) is 0 Å². The van der Waals surface area contributed by atoms with Crippen molar-refractivity contribution < 1.29 is 17.6 Å². The fourth-order valence-electron chi connectivity index (χ4n) is 1.41. The van der Waals surface area contributed by atoms with E-state index in [4.69, 9.17) is 0 Å². The number of hydrogen-bond donors (Lipinski definition) is 1. The van der Waals surface area contributed by atoms with Gasteiger partial charge in [0.25, 0.3) is 0 Å². The van der Waals surface area contributed by atoms with E-state index >= 15 is 0 Å². The van der Waals surface area contributed by atoms with Gasteiger partial charge in [-0.2, -0.15) is 13.2 Å². The molecule has 0 saturated heterocycles. The maximum Gasteiger partial charge on any atom is 0.432 e. The fraction of sp³-hybridized carbons (Fsp3) is 0.182. The number of alkyl halides is 3. The maximum atomic E-state index is 13.5. The Morgan fingerprint density at radius 2 is 1.94 bits per heavy atom. The molecule has 17 heavy (non-hydrogen) atoms.